The zero-order valence-electron chi connectivity index (χ0n) is 4.02. The lowest BCUT2D eigenvalue weighted by atomic mass is 10.7. The fourth-order valence-corrected chi connectivity index (χ4v) is 1.22. The van der Waals surface area contributed by atoms with Gasteiger partial charge in [-0.05, 0) is 0 Å². The van der Waals surface area contributed by atoms with Gasteiger partial charge >= 0.3 is 0 Å². The molecule has 0 spiro atoms. The molecule has 3 heteroatoms. The van der Waals surface area contributed by atoms with Crippen LogP contribution in [-0.2, 0) is 9.30 Å². The number of hydrogen-bond donors (Lipinski definition) is 0. The van der Waals surface area contributed by atoms with Gasteiger partial charge in [0, 0.05) is 12.4 Å². The van der Waals surface area contributed by atoms with E-state index in [0.29, 0.717) is 11.2 Å². The fraction of sp³-hybridized carbons (Fsp3) is 0.250. The Kier molecular flexibility index (Phi) is 1.06. The predicted molar refractivity (Wildman–Crippen MR) is 28.4 cm³/mol. The van der Waals surface area contributed by atoms with E-state index >= 15 is 0 Å². The summed E-state index contributed by atoms with van der Waals surface area (Å²) in [6.45, 7) is 3.47. The van der Waals surface area contributed by atoms with Crippen LogP contribution in [0.3, 0.4) is 0 Å². The van der Waals surface area contributed by atoms with Crippen molar-refractivity contribution in [3.63, 3.8) is 0 Å². The molecule has 1 fully saturated rings. The highest BCUT2D eigenvalue weighted by Gasteiger charge is 2.40. The van der Waals surface area contributed by atoms with Crippen molar-refractivity contribution >= 4 is 7.80 Å². The lowest BCUT2D eigenvalue weighted by Gasteiger charge is -1.77. The van der Waals surface area contributed by atoms with Gasteiger partial charge < -0.3 is 9.30 Å². The van der Waals surface area contributed by atoms with E-state index < -0.39 is 7.80 Å². The van der Waals surface area contributed by atoms with Crippen molar-refractivity contribution < 1.29 is 9.30 Å². The molecule has 0 amide bonds. The maximum Gasteiger partial charge on any atom is 0.189 e. The fourth-order valence-electron chi connectivity index (χ4n) is 0.404. The zero-order valence-corrected chi connectivity index (χ0v) is 5.02. The highest BCUT2D eigenvalue weighted by atomic mass is 31.1. The van der Waals surface area contributed by atoms with Gasteiger partial charge in [0.15, 0.2) is 5.85 Å². The highest BCUT2D eigenvalue weighted by molar-refractivity contribution is 7.63. The van der Waals surface area contributed by atoms with Crippen molar-refractivity contribution in [2.75, 3.05) is 7.11 Å². The molecule has 1 saturated heterocycles. The third-order valence-electron chi connectivity index (χ3n) is 0.896. The molecule has 0 aliphatic carbocycles. The Hall–Kier alpha value is -0.0700. The van der Waals surface area contributed by atoms with Gasteiger partial charge in [0.2, 0.25) is 0 Å². The second-order valence-electron chi connectivity index (χ2n) is 1.34. The molecule has 1 radical (unpaired) electrons. The summed E-state index contributed by atoms with van der Waals surface area (Å²) in [7, 11) is -0.0366. The lowest BCUT2D eigenvalue weighted by molar-refractivity contribution is 0.286. The van der Waals surface area contributed by atoms with E-state index in [1.165, 1.54) is 7.11 Å². The molecule has 0 saturated carbocycles. The molecule has 0 bridgehead atoms. The van der Waals surface area contributed by atoms with Gasteiger partial charge in [-0.2, -0.15) is 0 Å². The average molecular weight is 117 g/mol. The normalized spacial score (nSPS) is 31.0. The Morgan fingerprint density at radius 2 is 2.29 bits per heavy atom. The molecule has 0 N–H and O–H groups in total. The predicted octanol–water partition coefficient (Wildman–Crippen LogP) is 1.21. The van der Waals surface area contributed by atoms with E-state index in [-0.39, 0.29) is 0 Å². The monoisotopic (exact) mass is 117 g/mol. The van der Waals surface area contributed by atoms with Crippen molar-refractivity contribution in [3.05, 3.63) is 17.7 Å². The minimum atomic E-state index is -1.55. The van der Waals surface area contributed by atoms with Gasteiger partial charge in [-0.15, -0.1) is 0 Å². The van der Waals surface area contributed by atoms with E-state index in [2.05, 4.69) is 11.3 Å². The van der Waals surface area contributed by atoms with E-state index in [9.17, 15) is 4.57 Å². The van der Waals surface area contributed by atoms with Crippen LogP contribution in [0.4, 0.5) is 0 Å². The molecule has 1 heterocycles. The lowest BCUT2D eigenvalue weighted by Crippen LogP contribution is -1.69. The molecular formula is C4H6O2P. The number of methoxy groups -OCH3 is 1. The van der Waals surface area contributed by atoms with Gasteiger partial charge in [0.1, 0.15) is 7.80 Å². The topological polar surface area (TPSA) is 26.3 Å². The standard InChI is InChI=1S/C4H6O2P/c1-3-4(6-2)7(3)5/h7H,1H2,2H3. The average Bonchev–Trinajstić information content (AvgIpc) is 2.17. The van der Waals surface area contributed by atoms with E-state index in [0.717, 1.165) is 0 Å². The number of ether oxygens (including phenoxy) is 1. The van der Waals surface area contributed by atoms with Gasteiger partial charge in [-0.1, -0.05) is 6.58 Å². The molecule has 1 atom stereocenters. The van der Waals surface area contributed by atoms with Crippen LogP contribution in [0.25, 0.3) is 0 Å². The first-order valence-electron chi connectivity index (χ1n) is 1.92. The van der Waals surface area contributed by atoms with Gasteiger partial charge in [0.25, 0.3) is 0 Å². The highest BCUT2D eigenvalue weighted by Crippen LogP contribution is 2.66. The Morgan fingerprint density at radius 3 is 2.29 bits per heavy atom. The third kappa shape index (κ3) is 0.644. The smallest absolute Gasteiger partial charge is 0.189 e. The molecule has 39 valence electrons. The molecule has 0 aromatic heterocycles. The van der Waals surface area contributed by atoms with E-state index in [1.807, 2.05) is 0 Å². The maximum atomic E-state index is 10.4. The van der Waals surface area contributed by atoms with Crippen LogP contribution in [0.1, 0.15) is 0 Å². The van der Waals surface area contributed by atoms with E-state index in [4.69, 9.17) is 0 Å². The molecule has 0 aromatic carbocycles. The van der Waals surface area contributed by atoms with Crippen molar-refractivity contribution in [1.82, 2.24) is 0 Å². The first-order chi connectivity index (χ1) is 3.27. The molecule has 1 aliphatic rings. The molecular weight excluding hydrogens is 111 g/mol. The molecule has 1 unspecified atom stereocenters. The van der Waals surface area contributed by atoms with Gasteiger partial charge in [0.05, 0.1) is 0 Å². The van der Waals surface area contributed by atoms with Crippen LogP contribution in [0, 0.1) is 5.85 Å². The van der Waals surface area contributed by atoms with Crippen molar-refractivity contribution in [3.8, 4) is 0 Å². The quantitative estimate of drug-likeness (QED) is 0.482. The van der Waals surface area contributed by atoms with Crippen LogP contribution in [0.5, 0.6) is 0 Å². The summed E-state index contributed by atoms with van der Waals surface area (Å²) in [5, 5.41) is 0.701. The van der Waals surface area contributed by atoms with Crippen LogP contribution in [0.15, 0.2) is 11.9 Å². The summed E-state index contributed by atoms with van der Waals surface area (Å²) in [4.78, 5) is 0. The summed E-state index contributed by atoms with van der Waals surface area (Å²) in [5.74, 6) is 0.616. The maximum absolute atomic E-state index is 10.4. The van der Waals surface area contributed by atoms with Gasteiger partial charge in [-0.25, -0.2) is 0 Å². The Balaban J connectivity index is 2.54. The Morgan fingerprint density at radius 1 is 1.86 bits per heavy atom. The van der Waals surface area contributed by atoms with E-state index in [1.54, 1.807) is 0 Å². The summed E-state index contributed by atoms with van der Waals surface area (Å²) in [6.07, 6.45) is 0. The molecule has 2 nitrogen and oxygen atoms in total. The summed E-state index contributed by atoms with van der Waals surface area (Å²) < 4.78 is 15.0. The van der Waals surface area contributed by atoms with Crippen LogP contribution < -0.4 is 0 Å². The number of hydrogen-bond acceptors (Lipinski definition) is 2. The number of rotatable bonds is 1. The zero-order chi connectivity index (χ0) is 5.44. The summed E-state index contributed by atoms with van der Waals surface area (Å²) >= 11 is 0. The van der Waals surface area contributed by atoms with Gasteiger partial charge in [-0.3, -0.25) is 0 Å². The second-order valence-corrected chi connectivity index (χ2v) is 3.06. The SMILES string of the molecule is C=C1[C](OC)[PH]1=O. The summed E-state index contributed by atoms with van der Waals surface area (Å²) in [6, 6.07) is 0. The second kappa shape index (κ2) is 1.46. The van der Waals surface area contributed by atoms with Crippen molar-refractivity contribution in [1.29, 1.82) is 0 Å². The van der Waals surface area contributed by atoms with Crippen LogP contribution in [0.2, 0.25) is 0 Å². The van der Waals surface area contributed by atoms with Crippen molar-refractivity contribution in [2.45, 2.75) is 0 Å². The first kappa shape index (κ1) is 5.07. The molecule has 7 heavy (non-hydrogen) atoms. The summed E-state index contributed by atoms with van der Waals surface area (Å²) in [5.41, 5.74) is 0. The van der Waals surface area contributed by atoms with Crippen LogP contribution >= 0.6 is 7.80 Å². The first-order valence-corrected chi connectivity index (χ1v) is 3.33. The molecule has 0 aromatic rings. The molecule has 1 aliphatic heterocycles. The molecule has 1 rings (SSSR count). The minimum absolute atomic E-state index is 0.616. The Labute approximate surface area is 43.0 Å². The largest absolute Gasteiger partial charge is 0.362 e. The minimum Gasteiger partial charge on any atom is -0.362 e. The Bertz CT molecular complexity index is 116. The third-order valence-corrected chi connectivity index (χ3v) is 2.34. The van der Waals surface area contributed by atoms with Crippen molar-refractivity contribution in [2.24, 2.45) is 0 Å². The van der Waals surface area contributed by atoms with Crippen LogP contribution in [-0.4, -0.2) is 7.11 Å².